The highest BCUT2D eigenvalue weighted by atomic mass is 14.4. The Morgan fingerprint density at radius 3 is 1.75 bits per heavy atom. The zero-order chi connectivity index (χ0) is 9.14. The normalized spacial score (nSPS) is 36.2. The second-order valence-corrected chi connectivity index (χ2v) is 4.76. The Hall–Kier alpha value is 0. The topological polar surface area (TPSA) is 0 Å². The standard InChI is InChI=1S/C12H24/c1-5-11(6-2)12-7-9(3)10(4)8-12/h9-12H,5-8H2,1-4H3. The lowest BCUT2D eigenvalue weighted by Crippen LogP contribution is -2.09. The average molecular weight is 168 g/mol. The van der Waals surface area contributed by atoms with E-state index in [4.69, 9.17) is 0 Å². The SMILES string of the molecule is CCC(CC)C1CC(C)C(C)C1. The molecule has 0 nitrogen and oxygen atoms in total. The summed E-state index contributed by atoms with van der Waals surface area (Å²) in [6.07, 6.45) is 5.77. The van der Waals surface area contributed by atoms with Gasteiger partial charge < -0.3 is 0 Å². The van der Waals surface area contributed by atoms with E-state index in [9.17, 15) is 0 Å². The summed E-state index contributed by atoms with van der Waals surface area (Å²) in [5, 5.41) is 0. The molecule has 0 saturated heterocycles. The van der Waals surface area contributed by atoms with Crippen LogP contribution in [0.15, 0.2) is 0 Å². The van der Waals surface area contributed by atoms with Gasteiger partial charge in [-0.25, -0.2) is 0 Å². The van der Waals surface area contributed by atoms with Crippen LogP contribution in [0.3, 0.4) is 0 Å². The van der Waals surface area contributed by atoms with Gasteiger partial charge in [0.2, 0.25) is 0 Å². The van der Waals surface area contributed by atoms with Gasteiger partial charge in [0.25, 0.3) is 0 Å². The largest absolute Gasteiger partial charge is 0.0651 e. The van der Waals surface area contributed by atoms with Crippen LogP contribution in [0.2, 0.25) is 0 Å². The molecule has 0 spiro atoms. The third-order valence-electron chi connectivity index (χ3n) is 4.04. The molecule has 0 aromatic carbocycles. The van der Waals surface area contributed by atoms with Crippen molar-refractivity contribution in [2.24, 2.45) is 23.7 Å². The number of hydrogen-bond donors (Lipinski definition) is 0. The Kier molecular flexibility index (Phi) is 3.61. The van der Waals surface area contributed by atoms with Gasteiger partial charge >= 0.3 is 0 Å². The lowest BCUT2D eigenvalue weighted by atomic mass is 9.86. The highest BCUT2D eigenvalue weighted by Gasteiger charge is 2.31. The summed E-state index contributed by atoms with van der Waals surface area (Å²) in [5.74, 6) is 4.02. The van der Waals surface area contributed by atoms with E-state index in [1.54, 1.807) is 0 Å². The Morgan fingerprint density at radius 2 is 1.42 bits per heavy atom. The van der Waals surface area contributed by atoms with Crippen molar-refractivity contribution >= 4 is 0 Å². The Labute approximate surface area is 77.7 Å². The molecular formula is C12H24. The average Bonchev–Trinajstić information content (AvgIpc) is 2.35. The molecule has 0 aliphatic heterocycles. The van der Waals surface area contributed by atoms with Crippen molar-refractivity contribution in [3.8, 4) is 0 Å². The van der Waals surface area contributed by atoms with Gasteiger partial charge in [-0.05, 0) is 36.5 Å². The van der Waals surface area contributed by atoms with Crippen LogP contribution in [-0.2, 0) is 0 Å². The van der Waals surface area contributed by atoms with Crippen molar-refractivity contribution in [3.63, 3.8) is 0 Å². The summed E-state index contributed by atoms with van der Waals surface area (Å²) in [6.45, 7) is 9.55. The minimum absolute atomic E-state index is 0.982. The van der Waals surface area contributed by atoms with E-state index in [1.165, 1.54) is 25.7 Å². The van der Waals surface area contributed by atoms with Crippen LogP contribution in [0.5, 0.6) is 0 Å². The second-order valence-electron chi connectivity index (χ2n) is 4.76. The maximum Gasteiger partial charge on any atom is -0.0381 e. The van der Waals surface area contributed by atoms with Crippen LogP contribution in [0.4, 0.5) is 0 Å². The van der Waals surface area contributed by atoms with Crippen LogP contribution >= 0.6 is 0 Å². The first kappa shape index (κ1) is 10.1. The fourth-order valence-corrected chi connectivity index (χ4v) is 2.86. The van der Waals surface area contributed by atoms with Gasteiger partial charge in [-0.2, -0.15) is 0 Å². The summed E-state index contributed by atoms with van der Waals surface area (Å²) in [6, 6.07) is 0. The van der Waals surface area contributed by atoms with Crippen LogP contribution in [0, 0.1) is 23.7 Å². The van der Waals surface area contributed by atoms with Crippen LogP contribution < -0.4 is 0 Å². The predicted molar refractivity (Wildman–Crippen MR) is 55.1 cm³/mol. The van der Waals surface area contributed by atoms with Crippen molar-refractivity contribution in [2.45, 2.75) is 53.4 Å². The van der Waals surface area contributed by atoms with Crippen molar-refractivity contribution < 1.29 is 0 Å². The van der Waals surface area contributed by atoms with Gasteiger partial charge in [0.1, 0.15) is 0 Å². The minimum Gasteiger partial charge on any atom is -0.0651 e. The molecular weight excluding hydrogens is 144 g/mol. The molecule has 0 N–H and O–H groups in total. The summed E-state index contributed by atoms with van der Waals surface area (Å²) in [4.78, 5) is 0. The van der Waals surface area contributed by atoms with Gasteiger partial charge in [0.05, 0.1) is 0 Å². The Balaban J connectivity index is 2.44. The second kappa shape index (κ2) is 4.30. The lowest BCUT2D eigenvalue weighted by Gasteiger charge is -2.20. The summed E-state index contributed by atoms with van der Waals surface area (Å²) in [7, 11) is 0. The molecule has 0 aromatic rings. The van der Waals surface area contributed by atoms with E-state index in [0.717, 1.165) is 23.7 Å². The van der Waals surface area contributed by atoms with Gasteiger partial charge in [-0.1, -0.05) is 40.5 Å². The molecule has 0 radical (unpaired) electrons. The summed E-state index contributed by atoms with van der Waals surface area (Å²) in [5.41, 5.74) is 0. The highest BCUT2D eigenvalue weighted by Crippen LogP contribution is 2.41. The molecule has 0 heterocycles. The maximum atomic E-state index is 2.42. The zero-order valence-corrected chi connectivity index (χ0v) is 9.14. The van der Waals surface area contributed by atoms with E-state index < -0.39 is 0 Å². The monoisotopic (exact) mass is 168 g/mol. The van der Waals surface area contributed by atoms with Gasteiger partial charge in [0.15, 0.2) is 0 Å². The summed E-state index contributed by atoms with van der Waals surface area (Å²) >= 11 is 0. The highest BCUT2D eigenvalue weighted by molar-refractivity contribution is 4.81. The summed E-state index contributed by atoms with van der Waals surface area (Å²) < 4.78 is 0. The van der Waals surface area contributed by atoms with E-state index in [-0.39, 0.29) is 0 Å². The molecule has 1 aliphatic carbocycles. The molecule has 72 valence electrons. The molecule has 12 heavy (non-hydrogen) atoms. The van der Waals surface area contributed by atoms with E-state index in [1.807, 2.05) is 0 Å². The van der Waals surface area contributed by atoms with Crippen LogP contribution in [0.1, 0.15) is 53.4 Å². The van der Waals surface area contributed by atoms with Crippen LogP contribution in [0.25, 0.3) is 0 Å². The third-order valence-corrected chi connectivity index (χ3v) is 4.04. The zero-order valence-electron chi connectivity index (χ0n) is 9.14. The number of hydrogen-bond acceptors (Lipinski definition) is 0. The molecule has 0 heteroatoms. The predicted octanol–water partition coefficient (Wildman–Crippen LogP) is 4.10. The van der Waals surface area contributed by atoms with E-state index in [2.05, 4.69) is 27.7 Å². The quantitative estimate of drug-likeness (QED) is 0.595. The van der Waals surface area contributed by atoms with Crippen molar-refractivity contribution in [1.29, 1.82) is 0 Å². The third kappa shape index (κ3) is 2.02. The van der Waals surface area contributed by atoms with Crippen molar-refractivity contribution in [3.05, 3.63) is 0 Å². The van der Waals surface area contributed by atoms with E-state index >= 15 is 0 Å². The van der Waals surface area contributed by atoms with Gasteiger partial charge in [-0.15, -0.1) is 0 Å². The molecule has 1 fully saturated rings. The van der Waals surface area contributed by atoms with Crippen molar-refractivity contribution in [1.82, 2.24) is 0 Å². The van der Waals surface area contributed by atoms with Gasteiger partial charge in [-0.3, -0.25) is 0 Å². The van der Waals surface area contributed by atoms with E-state index in [0.29, 0.717) is 0 Å². The lowest BCUT2D eigenvalue weighted by molar-refractivity contribution is 0.309. The van der Waals surface area contributed by atoms with Crippen molar-refractivity contribution in [2.75, 3.05) is 0 Å². The first-order chi connectivity index (χ1) is 5.69. The smallest absolute Gasteiger partial charge is 0.0381 e. The molecule has 0 aromatic heterocycles. The maximum absolute atomic E-state index is 2.42. The molecule has 1 rings (SSSR count). The molecule has 2 unspecified atom stereocenters. The Bertz CT molecular complexity index is 114. The Morgan fingerprint density at radius 1 is 1.00 bits per heavy atom. The molecule has 0 bridgehead atoms. The fraction of sp³-hybridized carbons (Fsp3) is 1.00. The molecule has 0 amide bonds. The number of rotatable bonds is 3. The molecule has 1 aliphatic rings. The van der Waals surface area contributed by atoms with Gasteiger partial charge in [0, 0.05) is 0 Å². The fourth-order valence-electron chi connectivity index (χ4n) is 2.86. The molecule has 1 saturated carbocycles. The first-order valence-electron chi connectivity index (χ1n) is 5.69. The minimum atomic E-state index is 0.982. The van der Waals surface area contributed by atoms with Crippen LogP contribution in [-0.4, -0.2) is 0 Å². The molecule has 2 atom stereocenters. The first-order valence-corrected chi connectivity index (χ1v) is 5.69.